The van der Waals surface area contributed by atoms with Crippen LogP contribution in [0.25, 0.3) is 0 Å². The average molecular weight is 365 g/mol. The Hall–Kier alpha value is -3.28. The zero-order valence-corrected chi connectivity index (χ0v) is 15.8. The van der Waals surface area contributed by atoms with Crippen LogP contribution < -0.4 is 19.1 Å². The molecule has 0 radical (unpaired) electrons. The van der Waals surface area contributed by atoms with Gasteiger partial charge in [-0.05, 0) is 43.3 Å². The molecule has 0 unspecified atom stereocenters. The predicted octanol–water partition coefficient (Wildman–Crippen LogP) is 4.10. The van der Waals surface area contributed by atoms with Crippen LogP contribution in [-0.2, 0) is 0 Å². The van der Waals surface area contributed by atoms with Crippen molar-refractivity contribution in [3.8, 4) is 23.1 Å². The van der Waals surface area contributed by atoms with Crippen molar-refractivity contribution < 1.29 is 14.2 Å². The quantitative estimate of drug-likeness (QED) is 0.599. The highest BCUT2D eigenvalue weighted by Gasteiger charge is 2.07. The van der Waals surface area contributed by atoms with E-state index in [2.05, 4.69) is 16.9 Å². The Morgan fingerprint density at radius 3 is 2.26 bits per heavy atom. The third-order valence-electron chi connectivity index (χ3n) is 4.02. The van der Waals surface area contributed by atoms with Crippen LogP contribution in [-0.4, -0.2) is 37.3 Å². The maximum Gasteiger partial charge on any atom is 0.224 e. The summed E-state index contributed by atoms with van der Waals surface area (Å²) >= 11 is 0. The van der Waals surface area contributed by atoms with Crippen LogP contribution in [0.3, 0.4) is 0 Å². The molecule has 0 spiro atoms. The molecule has 0 N–H and O–H groups in total. The molecule has 0 saturated carbocycles. The number of nitrogens with zero attached hydrogens (tertiary/aromatic N) is 3. The number of rotatable bonds is 8. The van der Waals surface area contributed by atoms with E-state index in [0.717, 1.165) is 17.3 Å². The largest absolute Gasteiger partial charge is 0.497 e. The van der Waals surface area contributed by atoms with Gasteiger partial charge >= 0.3 is 0 Å². The highest BCUT2D eigenvalue weighted by Crippen LogP contribution is 2.24. The summed E-state index contributed by atoms with van der Waals surface area (Å²) in [4.78, 5) is 10.5. The fraction of sp³-hybridized carbons (Fsp3) is 0.238. The topological polar surface area (TPSA) is 56.7 Å². The summed E-state index contributed by atoms with van der Waals surface area (Å²) < 4.78 is 16.7. The first-order chi connectivity index (χ1) is 13.1. The maximum atomic E-state index is 5.79. The van der Waals surface area contributed by atoms with E-state index in [1.165, 1.54) is 11.9 Å². The van der Waals surface area contributed by atoms with Gasteiger partial charge in [-0.3, -0.25) is 0 Å². The molecular formula is C21H23N3O3. The van der Waals surface area contributed by atoms with Crippen molar-refractivity contribution in [1.29, 1.82) is 0 Å². The molecule has 0 atom stereocenters. The normalized spacial score (nSPS) is 10.3. The summed E-state index contributed by atoms with van der Waals surface area (Å²) in [5, 5.41) is 0. The third-order valence-corrected chi connectivity index (χ3v) is 4.02. The molecule has 27 heavy (non-hydrogen) atoms. The minimum Gasteiger partial charge on any atom is -0.497 e. The van der Waals surface area contributed by atoms with E-state index in [1.54, 1.807) is 13.2 Å². The lowest BCUT2D eigenvalue weighted by Gasteiger charge is -2.18. The van der Waals surface area contributed by atoms with Gasteiger partial charge in [0.05, 0.1) is 13.7 Å². The van der Waals surface area contributed by atoms with Crippen LogP contribution >= 0.6 is 0 Å². The van der Waals surface area contributed by atoms with Crippen molar-refractivity contribution in [1.82, 2.24) is 9.97 Å². The lowest BCUT2D eigenvalue weighted by atomic mass is 10.2. The molecule has 3 aromatic rings. The van der Waals surface area contributed by atoms with Crippen LogP contribution in [0.1, 0.15) is 5.56 Å². The Kier molecular flexibility index (Phi) is 6.10. The molecule has 2 aromatic carbocycles. The van der Waals surface area contributed by atoms with Crippen molar-refractivity contribution in [3.05, 3.63) is 66.5 Å². The fourth-order valence-electron chi connectivity index (χ4n) is 2.41. The Bertz CT molecular complexity index is 851. The van der Waals surface area contributed by atoms with Gasteiger partial charge in [-0.2, -0.15) is 0 Å². The molecule has 0 aliphatic carbocycles. The Labute approximate surface area is 159 Å². The summed E-state index contributed by atoms with van der Waals surface area (Å²) in [5.74, 6) is 3.57. The van der Waals surface area contributed by atoms with E-state index in [4.69, 9.17) is 14.2 Å². The van der Waals surface area contributed by atoms with Gasteiger partial charge in [0.1, 0.15) is 36.0 Å². The first-order valence-electron chi connectivity index (χ1n) is 8.68. The van der Waals surface area contributed by atoms with Crippen molar-refractivity contribution in [2.75, 3.05) is 32.2 Å². The SMILES string of the molecule is COc1ccc(Oc2cc(N(C)CCOc3ccc(C)cc3)ncn2)cc1. The Morgan fingerprint density at radius 2 is 1.56 bits per heavy atom. The van der Waals surface area contributed by atoms with Crippen LogP contribution in [0.5, 0.6) is 23.1 Å². The zero-order valence-electron chi connectivity index (χ0n) is 15.8. The first kappa shape index (κ1) is 18.5. The lowest BCUT2D eigenvalue weighted by molar-refractivity contribution is 0.325. The predicted molar refractivity (Wildman–Crippen MR) is 105 cm³/mol. The highest BCUT2D eigenvalue weighted by molar-refractivity contribution is 5.41. The summed E-state index contributed by atoms with van der Waals surface area (Å²) in [5.41, 5.74) is 1.21. The van der Waals surface area contributed by atoms with Gasteiger partial charge in [0.15, 0.2) is 0 Å². The van der Waals surface area contributed by atoms with E-state index in [9.17, 15) is 0 Å². The first-order valence-corrected chi connectivity index (χ1v) is 8.68. The molecule has 140 valence electrons. The summed E-state index contributed by atoms with van der Waals surface area (Å²) in [6, 6.07) is 17.2. The second kappa shape index (κ2) is 8.89. The molecule has 6 heteroatoms. The van der Waals surface area contributed by atoms with Gasteiger partial charge in [-0.15, -0.1) is 0 Å². The van der Waals surface area contributed by atoms with Gasteiger partial charge < -0.3 is 19.1 Å². The summed E-state index contributed by atoms with van der Waals surface area (Å²) in [6.45, 7) is 3.30. The van der Waals surface area contributed by atoms with E-state index < -0.39 is 0 Å². The number of methoxy groups -OCH3 is 1. The van der Waals surface area contributed by atoms with Gasteiger partial charge in [0.25, 0.3) is 0 Å². The molecule has 1 aromatic heterocycles. The lowest BCUT2D eigenvalue weighted by Crippen LogP contribution is -2.24. The van der Waals surface area contributed by atoms with Gasteiger partial charge in [0, 0.05) is 13.1 Å². The molecule has 0 bridgehead atoms. The number of ether oxygens (including phenoxy) is 3. The van der Waals surface area contributed by atoms with E-state index >= 15 is 0 Å². The third kappa shape index (κ3) is 5.34. The van der Waals surface area contributed by atoms with Crippen molar-refractivity contribution in [3.63, 3.8) is 0 Å². The number of hydrogen-bond acceptors (Lipinski definition) is 6. The minimum absolute atomic E-state index is 0.483. The van der Waals surface area contributed by atoms with E-state index in [1.807, 2.05) is 60.5 Å². The Morgan fingerprint density at radius 1 is 0.889 bits per heavy atom. The van der Waals surface area contributed by atoms with Crippen LogP contribution in [0.15, 0.2) is 60.9 Å². The van der Waals surface area contributed by atoms with Gasteiger partial charge in [-0.1, -0.05) is 17.7 Å². The Balaban J connectivity index is 1.55. The maximum absolute atomic E-state index is 5.79. The zero-order chi connectivity index (χ0) is 19.1. The second-order valence-corrected chi connectivity index (χ2v) is 6.08. The number of hydrogen-bond donors (Lipinski definition) is 0. The molecule has 0 aliphatic heterocycles. The fourth-order valence-corrected chi connectivity index (χ4v) is 2.41. The minimum atomic E-state index is 0.483. The molecule has 6 nitrogen and oxygen atoms in total. The number of aryl methyl sites for hydroxylation is 1. The molecule has 0 saturated heterocycles. The molecule has 1 heterocycles. The molecule has 0 fully saturated rings. The molecule has 3 rings (SSSR count). The highest BCUT2D eigenvalue weighted by atomic mass is 16.5. The number of likely N-dealkylation sites (N-methyl/N-ethyl adjacent to an activating group) is 1. The smallest absolute Gasteiger partial charge is 0.224 e. The number of anilines is 1. The molecule has 0 amide bonds. The number of aromatic nitrogens is 2. The summed E-state index contributed by atoms with van der Waals surface area (Å²) in [6.07, 6.45) is 1.49. The van der Waals surface area contributed by atoms with Crippen molar-refractivity contribution in [2.24, 2.45) is 0 Å². The van der Waals surface area contributed by atoms with Crippen LogP contribution in [0, 0.1) is 6.92 Å². The van der Waals surface area contributed by atoms with Crippen LogP contribution in [0.4, 0.5) is 5.82 Å². The van der Waals surface area contributed by atoms with Gasteiger partial charge in [0.2, 0.25) is 5.88 Å². The monoisotopic (exact) mass is 365 g/mol. The summed E-state index contributed by atoms with van der Waals surface area (Å²) in [7, 11) is 3.59. The van der Waals surface area contributed by atoms with Crippen molar-refractivity contribution >= 4 is 5.82 Å². The van der Waals surface area contributed by atoms with E-state index in [0.29, 0.717) is 24.8 Å². The van der Waals surface area contributed by atoms with Crippen LogP contribution in [0.2, 0.25) is 0 Å². The molecular weight excluding hydrogens is 342 g/mol. The van der Waals surface area contributed by atoms with Crippen molar-refractivity contribution in [2.45, 2.75) is 6.92 Å². The van der Waals surface area contributed by atoms with Gasteiger partial charge in [-0.25, -0.2) is 9.97 Å². The molecule has 0 aliphatic rings. The second-order valence-electron chi connectivity index (χ2n) is 6.08. The average Bonchev–Trinajstić information content (AvgIpc) is 2.70. The standard InChI is InChI=1S/C21H23N3O3/c1-16-4-6-18(7-5-16)26-13-12-24(2)20-14-21(23-15-22-20)27-19-10-8-17(25-3)9-11-19/h4-11,14-15H,12-13H2,1-3H3. The van der Waals surface area contributed by atoms with E-state index in [-0.39, 0.29) is 0 Å². The number of benzene rings is 2.